The Labute approximate surface area is 280 Å². The smallest absolute Gasteiger partial charge is 0.248 e. The molecule has 46 heavy (non-hydrogen) atoms. The Bertz CT molecular complexity index is 1580. The number of imidazole rings is 1. The normalized spacial score (nSPS) is 12.1. The lowest BCUT2D eigenvalue weighted by Gasteiger charge is -2.12. The highest BCUT2D eigenvalue weighted by atomic mass is 32.2. The fourth-order valence-corrected chi connectivity index (χ4v) is 6.61. The van der Waals surface area contributed by atoms with Crippen LogP contribution in [0.1, 0.15) is 58.2 Å². The number of nitrogens with one attached hydrogen (secondary N) is 1. The van der Waals surface area contributed by atoms with Crippen molar-refractivity contribution in [1.82, 2.24) is 9.55 Å². The van der Waals surface area contributed by atoms with Crippen LogP contribution in [0, 0.1) is 0 Å². The fraction of sp³-hybridized carbons (Fsp3) is 0.351. The second-order valence-corrected chi connectivity index (χ2v) is 14.2. The number of thioether (sulfide) groups is 1. The number of hydrogen-bond donors (Lipinski definition) is 1. The van der Waals surface area contributed by atoms with Crippen molar-refractivity contribution in [2.45, 2.75) is 74.3 Å². The number of hydrogen-bond acceptors (Lipinski definition) is 6. The average Bonchev–Trinajstić information content (AvgIpc) is 3.52. The lowest BCUT2D eigenvalue weighted by Crippen LogP contribution is -2.09. The van der Waals surface area contributed by atoms with Gasteiger partial charge in [0.15, 0.2) is 0 Å². The summed E-state index contributed by atoms with van der Waals surface area (Å²) in [7, 11) is -1.22. The van der Waals surface area contributed by atoms with E-state index in [2.05, 4.69) is 28.7 Å². The standard InChI is InChI=1S/C37H45N3O4S2/c1-5-7-21-43-22-23-44-34-14-8-29(9-15-34)30-10-18-36(46(42)28(3)4)31(24-30)11-19-37(41)39-32-12-16-35(17-13-32)45-26-33-25-38-27-40(33)20-6-2/h8-19,24-25,27-28H,5-7,20-23,26H2,1-4H3,(H,39,41)/b19-11+. The van der Waals surface area contributed by atoms with Crippen molar-refractivity contribution in [3.8, 4) is 16.9 Å². The van der Waals surface area contributed by atoms with Gasteiger partial charge in [-0.05, 0) is 84.1 Å². The summed E-state index contributed by atoms with van der Waals surface area (Å²) in [6.07, 6.45) is 10.3. The molecule has 4 aromatic rings. The molecule has 1 amide bonds. The van der Waals surface area contributed by atoms with Gasteiger partial charge in [0.25, 0.3) is 0 Å². The zero-order valence-electron chi connectivity index (χ0n) is 27.2. The van der Waals surface area contributed by atoms with Gasteiger partial charge in [-0.2, -0.15) is 0 Å². The molecule has 7 nitrogen and oxygen atoms in total. The van der Waals surface area contributed by atoms with Gasteiger partial charge in [-0.15, -0.1) is 11.8 Å². The molecule has 0 spiro atoms. The van der Waals surface area contributed by atoms with Crippen molar-refractivity contribution in [2.75, 3.05) is 25.1 Å². The Morgan fingerprint density at radius 3 is 2.46 bits per heavy atom. The van der Waals surface area contributed by atoms with Crippen LogP contribution in [0.2, 0.25) is 0 Å². The van der Waals surface area contributed by atoms with E-state index in [4.69, 9.17) is 9.47 Å². The second-order valence-electron chi connectivity index (χ2n) is 11.2. The fourth-order valence-electron chi connectivity index (χ4n) is 4.66. The molecule has 0 bridgehead atoms. The van der Waals surface area contributed by atoms with E-state index in [0.29, 0.717) is 23.8 Å². The average molecular weight is 660 g/mol. The summed E-state index contributed by atoms with van der Waals surface area (Å²) in [5.41, 5.74) is 4.62. The van der Waals surface area contributed by atoms with Crippen LogP contribution in [0.5, 0.6) is 5.75 Å². The maximum Gasteiger partial charge on any atom is 0.248 e. The predicted octanol–water partition coefficient (Wildman–Crippen LogP) is 8.62. The van der Waals surface area contributed by atoms with Gasteiger partial charge in [0.05, 0.1) is 23.7 Å². The summed E-state index contributed by atoms with van der Waals surface area (Å²) in [5, 5.41) is 2.88. The van der Waals surface area contributed by atoms with Crippen molar-refractivity contribution in [2.24, 2.45) is 0 Å². The summed E-state index contributed by atoms with van der Waals surface area (Å²) < 4.78 is 26.7. The zero-order valence-corrected chi connectivity index (χ0v) is 28.9. The lowest BCUT2D eigenvalue weighted by atomic mass is 10.0. The molecule has 3 aromatic carbocycles. The quantitative estimate of drug-likeness (QED) is 0.0655. The number of rotatable bonds is 18. The zero-order chi connectivity index (χ0) is 32.7. The third kappa shape index (κ3) is 10.7. The van der Waals surface area contributed by atoms with E-state index in [1.807, 2.05) is 93.1 Å². The molecule has 1 N–H and O–H groups in total. The van der Waals surface area contributed by atoms with Crippen molar-refractivity contribution in [3.05, 3.63) is 96.6 Å². The molecule has 0 saturated heterocycles. The number of carbonyl (C=O) groups excluding carboxylic acids is 1. The Balaban J connectivity index is 1.39. The predicted molar refractivity (Wildman–Crippen MR) is 191 cm³/mol. The van der Waals surface area contributed by atoms with E-state index in [9.17, 15) is 9.00 Å². The van der Waals surface area contributed by atoms with Crippen molar-refractivity contribution in [3.63, 3.8) is 0 Å². The molecule has 4 rings (SSSR count). The summed E-state index contributed by atoms with van der Waals surface area (Å²) >= 11 is 1.74. The minimum Gasteiger partial charge on any atom is -0.491 e. The van der Waals surface area contributed by atoms with E-state index < -0.39 is 10.8 Å². The molecular weight excluding hydrogens is 615 g/mol. The Morgan fingerprint density at radius 2 is 1.74 bits per heavy atom. The lowest BCUT2D eigenvalue weighted by molar-refractivity contribution is -0.111. The molecule has 0 fully saturated rings. The number of amides is 1. The van der Waals surface area contributed by atoms with Crippen molar-refractivity contribution >= 4 is 40.2 Å². The highest BCUT2D eigenvalue weighted by Gasteiger charge is 2.14. The molecule has 244 valence electrons. The van der Waals surface area contributed by atoms with Crippen LogP contribution in [-0.2, 0) is 32.6 Å². The summed E-state index contributed by atoms with van der Waals surface area (Å²) in [4.78, 5) is 19.0. The molecule has 0 aliphatic carbocycles. The minimum absolute atomic E-state index is 0.0576. The van der Waals surface area contributed by atoms with Gasteiger partial charge in [0, 0.05) is 57.6 Å². The van der Waals surface area contributed by atoms with Gasteiger partial charge < -0.3 is 19.4 Å². The third-order valence-corrected chi connectivity index (χ3v) is 9.87. The Hall–Kier alpha value is -3.66. The van der Waals surface area contributed by atoms with Gasteiger partial charge in [-0.3, -0.25) is 9.00 Å². The van der Waals surface area contributed by atoms with E-state index in [0.717, 1.165) is 65.5 Å². The molecule has 0 radical (unpaired) electrons. The van der Waals surface area contributed by atoms with E-state index in [-0.39, 0.29) is 11.2 Å². The van der Waals surface area contributed by atoms with Crippen LogP contribution in [-0.4, -0.2) is 44.7 Å². The molecule has 9 heteroatoms. The van der Waals surface area contributed by atoms with E-state index in [1.54, 1.807) is 17.8 Å². The first kappa shape index (κ1) is 35.2. The minimum atomic E-state index is -1.22. The van der Waals surface area contributed by atoms with Crippen LogP contribution in [0.4, 0.5) is 5.69 Å². The molecule has 1 aromatic heterocycles. The first-order chi connectivity index (χ1) is 22.4. The first-order valence-electron chi connectivity index (χ1n) is 15.9. The number of anilines is 1. The molecular formula is C37H45N3O4S2. The highest BCUT2D eigenvalue weighted by molar-refractivity contribution is 7.98. The molecule has 1 unspecified atom stereocenters. The SMILES string of the molecule is CCCCOCCOc1ccc(-c2ccc(S(=O)C(C)C)c(/C=C/C(=O)Nc3ccc(SCc4cncn4CCC)cc3)c2)cc1. The second kappa shape index (κ2) is 18.5. The van der Waals surface area contributed by atoms with Gasteiger partial charge in [0.2, 0.25) is 5.91 Å². The van der Waals surface area contributed by atoms with E-state index >= 15 is 0 Å². The van der Waals surface area contributed by atoms with E-state index in [1.165, 1.54) is 11.8 Å². The largest absolute Gasteiger partial charge is 0.491 e. The topological polar surface area (TPSA) is 82.4 Å². The number of aromatic nitrogens is 2. The molecule has 0 aliphatic heterocycles. The molecule has 0 saturated carbocycles. The number of unbranched alkanes of at least 4 members (excludes halogenated alkanes) is 1. The van der Waals surface area contributed by atoms with Crippen LogP contribution in [0.15, 0.2) is 95.1 Å². The van der Waals surface area contributed by atoms with Crippen molar-refractivity contribution in [1.29, 1.82) is 0 Å². The number of ether oxygens (including phenoxy) is 2. The monoisotopic (exact) mass is 659 g/mol. The van der Waals surface area contributed by atoms with Gasteiger partial charge in [-0.25, -0.2) is 4.98 Å². The Morgan fingerprint density at radius 1 is 0.978 bits per heavy atom. The number of carbonyl (C=O) groups is 1. The van der Waals surface area contributed by atoms with Crippen LogP contribution < -0.4 is 10.1 Å². The molecule has 1 atom stereocenters. The number of aryl methyl sites for hydroxylation is 1. The van der Waals surface area contributed by atoms with Crippen LogP contribution in [0.3, 0.4) is 0 Å². The van der Waals surface area contributed by atoms with Crippen LogP contribution in [0.25, 0.3) is 17.2 Å². The molecule has 0 aliphatic rings. The molecule has 1 heterocycles. The summed E-state index contributed by atoms with van der Waals surface area (Å²) in [5.74, 6) is 1.36. The number of benzene rings is 3. The highest BCUT2D eigenvalue weighted by Crippen LogP contribution is 2.28. The van der Waals surface area contributed by atoms with Gasteiger partial charge in [-0.1, -0.05) is 52.3 Å². The van der Waals surface area contributed by atoms with Gasteiger partial charge in [0.1, 0.15) is 12.4 Å². The maximum atomic E-state index is 13.1. The summed E-state index contributed by atoms with van der Waals surface area (Å²) in [6, 6.07) is 21.6. The number of nitrogens with zero attached hydrogens (tertiary/aromatic N) is 2. The third-order valence-electron chi connectivity index (χ3n) is 7.17. The van der Waals surface area contributed by atoms with Crippen molar-refractivity contribution < 1.29 is 18.5 Å². The van der Waals surface area contributed by atoms with Gasteiger partial charge >= 0.3 is 0 Å². The first-order valence-corrected chi connectivity index (χ1v) is 18.1. The summed E-state index contributed by atoms with van der Waals surface area (Å²) in [6.45, 7) is 11.0. The maximum absolute atomic E-state index is 13.1. The van der Waals surface area contributed by atoms with Crippen LogP contribution >= 0.6 is 11.8 Å². The Kier molecular flexibility index (Phi) is 14.1.